The van der Waals surface area contributed by atoms with Crippen molar-refractivity contribution in [3.05, 3.63) is 65.5 Å². The van der Waals surface area contributed by atoms with E-state index in [2.05, 4.69) is 5.32 Å². The second-order valence-corrected chi connectivity index (χ2v) is 4.84. The third-order valence-electron chi connectivity index (χ3n) is 2.95. The van der Waals surface area contributed by atoms with Gasteiger partial charge in [-0.15, -0.1) is 0 Å². The van der Waals surface area contributed by atoms with E-state index in [-0.39, 0.29) is 18.0 Å². The Morgan fingerprint density at radius 1 is 0.909 bits per heavy atom. The zero-order valence-electron chi connectivity index (χ0n) is 11.9. The number of hydrogen-bond donors (Lipinski definition) is 1. The molecule has 112 valence electrons. The van der Waals surface area contributed by atoms with E-state index in [1.165, 1.54) is 31.2 Å². The fourth-order valence-electron chi connectivity index (χ4n) is 1.90. The Bertz CT molecular complexity index is 706. The quantitative estimate of drug-likeness (QED) is 0.682. The van der Waals surface area contributed by atoms with Crippen LogP contribution in [0.3, 0.4) is 0 Å². The molecule has 0 spiro atoms. The van der Waals surface area contributed by atoms with E-state index in [9.17, 15) is 18.8 Å². The number of hydrogen-bond acceptors (Lipinski definition) is 3. The van der Waals surface area contributed by atoms with Gasteiger partial charge in [0, 0.05) is 16.8 Å². The van der Waals surface area contributed by atoms with Gasteiger partial charge in [0.1, 0.15) is 11.6 Å². The first-order chi connectivity index (χ1) is 10.5. The van der Waals surface area contributed by atoms with Crippen molar-refractivity contribution in [2.75, 3.05) is 5.32 Å². The van der Waals surface area contributed by atoms with Gasteiger partial charge < -0.3 is 5.32 Å². The molecule has 0 aromatic heterocycles. The maximum atomic E-state index is 12.8. The first-order valence-electron chi connectivity index (χ1n) is 6.65. The Kier molecular flexibility index (Phi) is 4.78. The number of nitrogens with one attached hydrogen (secondary N) is 1. The van der Waals surface area contributed by atoms with E-state index in [4.69, 9.17) is 0 Å². The number of rotatable bonds is 5. The van der Waals surface area contributed by atoms with E-state index in [0.29, 0.717) is 16.8 Å². The molecule has 2 rings (SSSR count). The van der Waals surface area contributed by atoms with Gasteiger partial charge in [0.25, 0.3) is 0 Å². The molecule has 22 heavy (non-hydrogen) atoms. The van der Waals surface area contributed by atoms with Gasteiger partial charge in [0.15, 0.2) is 5.78 Å². The molecule has 4 nitrogen and oxygen atoms in total. The van der Waals surface area contributed by atoms with Crippen molar-refractivity contribution < 1.29 is 18.8 Å². The number of ketones is 2. The lowest BCUT2D eigenvalue weighted by Crippen LogP contribution is -2.14. The lowest BCUT2D eigenvalue weighted by Gasteiger charge is -2.05. The van der Waals surface area contributed by atoms with Crippen molar-refractivity contribution in [3.8, 4) is 0 Å². The van der Waals surface area contributed by atoms with Crippen molar-refractivity contribution in [2.24, 2.45) is 0 Å². The van der Waals surface area contributed by atoms with Gasteiger partial charge in [-0.2, -0.15) is 0 Å². The normalized spacial score (nSPS) is 10.1. The van der Waals surface area contributed by atoms with Crippen LogP contribution in [0.15, 0.2) is 48.5 Å². The highest BCUT2D eigenvalue weighted by Gasteiger charge is 2.10. The van der Waals surface area contributed by atoms with Crippen molar-refractivity contribution in [1.82, 2.24) is 0 Å². The highest BCUT2D eigenvalue weighted by atomic mass is 19.1. The lowest BCUT2D eigenvalue weighted by atomic mass is 10.0. The van der Waals surface area contributed by atoms with Crippen molar-refractivity contribution >= 4 is 23.2 Å². The summed E-state index contributed by atoms with van der Waals surface area (Å²) >= 11 is 0. The molecule has 0 atom stereocenters. The summed E-state index contributed by atoms with van der Waals surface area (Å²) in [5, 5.41) is 2.57. The summed E-state index contributed by atoms with van der Waals surface area (Å²) in [6.45, 7) is 1.34. The number of anilines is 1. The summed E-state index contributed by atoms with van der Waals surface area (Å²) in [4.78, 5) is 34.5. The number of amides is 1. The van der Waals surface area contributed by atoms with Crippen molar-refractivity contribution in [3.63, 3.8) is 0 Å². The van der Waals surface area contributed by atoms with Gasteiger partial charge in [-0.05, 0) is 55.5 Å². The fraction of sp³-hybridized carbons (Fsp3) is 0.118. The number of benzene rings is 2. The number of carbonyl (C=O) groups is 3. The van der Waals surface area contributed by atoms with E-state index >= 15 is 0 Å². The first kappa shape index (κ1) is 15.6. The van der Waals surface area contributed by atoms with E-state index in [1.807, 2.05) is 0 Å². The van der Waals surface area contributed by atoms with Crippen LogP contribution in [0.2, 0.25) is 0 Å². The monoisotopic (exact) mass is 299 g/mol. The average Bonchev–Trinajstić information content (AvgIpc) is 2.47. The van der Waals surface area contributed by atoms with E-state index < -0.39 is 11.7 Å². The van der Waals surface area contributed by atoms with Crippen LogP contribution in [0.25, 0.3) is 0 Å². The van der Waals surface area contributed by atoms with E-state index in [1.54, 1.807) is 24.3 Å². The third kappa shape index (κ3) is 4.09. The van der Waals surface area contributed by atoms with Crippen LogP contribution < -0.4 is 5.32 Å². The molecule has 0 unspecified atom stereocenters. The molecule has 5 heteroatoms. The summed E-state index contributed by atoms with van der Waals surface area (Å²) in [5.74, 6) is -1.26. The highest BCUT2D eigenvalue weighted by Crippen LogP contribution is 2.14. The van der Waals surface area contributed by atoms with Gasteiger partial charge in [-0.1, -0.05) is 0 Å². The van der Waals surface area contributed by atoms with Crippen LogP contribution in [-0.2, 0) is 9.59 Å². The summed E-state index contributed by atoms with van der Waals surface area (Å²) in [6, 6.07) is 11.6. The molecule has 0 heterocycles. The number of carbonyl (C=O) groups excluding carboxylic acids is 3. The Hall–Kier alpha value is -2.82. The zero-order chi connectivity index (χ0) is 16.1. The molecule has 0 saturated heterocycles. The number of halogens is 1. The molecule has 0 fully saturated rings. The predicted molar refractivity (Wildman–Crippen MR) is 80.2 cm³/mol. The van der Waals surface area contributed by atoms with E-state index in [0.717, 1.165) is 0 Å². The van der Waals surface area contributed by atoms with Gasteiger partial charge in [0.2, 0.25) is 5.91 Å². The van der Waals surface area contributed by atoms with Crippen molar-refractivity contribution in [2.45, 2.75) is 13.3 Å². The Morgan fingerprint density at radius 2 is 1.41 bits per heavy atom. The molecule has 0 aliphatic carbocycles. The molecular formula is C17H14FNO3. The molecule has 2 aromatic rings. The summed E-state index contributed by atoms with van der Waals surface area (Å²) in [5.41, 5.74) is 1.31. The zero-order valence-corrected chi connectivity index (χ0v) is 11.9. The van der Waals surface area contributed by atoms with Gasteiger partial charge in [0.05, 0.1) is 6.42 Å². The lowest BCUT2D eigenvalue weighted by molar-refractivity contribution is -0.124. The Morgan fingerprint density at radius 3 is 1.91 bits per heavy atom. The molecule has 0 aliphatic rings. The molecular weight excluding hydrogens is 285 g/mol. The second kappa shape index (κ2) is 6.76. The van der Waals surface area contributed by atoms with Crippen LogP contribution in [0.1, 0.15) is 29.3 Å². The minimum Gasteiger partial charge on any atom is -0.326 e. The second-order valence-electron chi connectivity index (χ2n) is 4.84. The maximum absolute atomic E-state index is 12.8. The smallest absolute Gasteiger partial charge is 0.231 e. The predicted octanol–water partition coefficient (Wildman–Crippen LogP) is 2.97. The molecule has 2 aromatic carbocycles. The Balaban J connectivity index is 2.08. The standard InChI is InChI=1S/C17H14FNO3/c1-11(20)10-16(21)19-15-8-4-13(5-9-15)17(22)12-2-6-14(18)7-3-12/h2-9H,10H2,1H3,(H,19,21). The van der Waals surface area contributed by atoms with Crippen LogP contribution in [-0.4, -0.2) is 17.5 Å². The highest BCUT2D eigenvalue weighted by molar-refractivity contribution is 6.09. The minimum absolute atomic E-state index is 0.184. The van der Waals surface area contributed by atoms with Crippen LogP contribution >= 0.6 is 0 Å². The fourth-order valence-corrected chi connectivity index (χ4v) is 1.90. The molecule has 1 N–H and O–H groups in total. The summed E-state index contributed by atoms with van der Waals surface area (Å²) in [7, 11) is 0. The molecule has 0 saturated carbocycles. The topological polar surface area (TPSA) is 63.2 Å². The minimum atomic E-state index is -0.403. The first-order valence-corrected chi connectivity index (χ1v) is 6.65. The molecule has 0 aliphatic heterocycles. The SMILES string of the molecule is CC(=O)CC(=O)Nc1ccc(C(=O)c2ccc(F)cc2)cc1. The van der Waals surface area contributed by atoms with Crippen LogP contribution in [0, 0.1) is 5.82 Å². The summed E-state index contributed by atoms with van der Waals surface area (Å²) in [6.07, 6.45) is -0.184. The molecule has 0 radical (unpaired) electrons. The van der Waals surface area contributed by atoms with Crippen molar-refractivity contribution in [1.29, 1.82) is 0 Å². The summed E-state index contributed by atoms with van der Waals surface area (Å²) < 4.78 is 12.8. The third-order valence-corrected chi connectivity index (χ3v) is 2.95. The molecule has 1 amide bonds. The van der Waals surface area contributed by atoms with Gasteiger partial charge in [-0.25, -0.2) is 4.39 Å². The van der Waals surface area contributed by atoms with Gasteiger partial charge >= 0.3 is 0 Å². The molecule has 0 bridgehead atoms. The maximum Gasteiger partial charge on any atom is 0.231 e. The van der Waals surface area contributed by atoms with Gasteiger partial charge in [-0.3, -0.25) is 14.4 Å². The largest absolute Gasteiger partial charge is 0.326 e. The Labute approximate surface area is 127 Å². The average molecular weight is 299 g/mol. The van der Waals surface area contributed by atoms with Crippen LogP contribution in [0.5, 0.6) is 0 Å². The van der Waals surface area contributed by atoms with Crippen LogP contribution in [0.4, 0.5) is 10.1 Å². The number of Topliss-reactive ketones (excluding diaryl/α,β-unsaturated/α-hetero) is 1.